The zero-order chi connectivity index (χ0) is 14.7. The second-order valence-corrected chi connectivity index (χ2v) is 6.15. The molecule has 104 valence electrons. The fourth-order valence-corrected chi connectivity index (χ4v) is 2.96. The van der Waals surface area contributed by atoms with E-state index in [9.17, 15) is 14.4 Å². The van der Waals surface area contributed by atoms with Crippen LogP contribution in [0.1, 0.15) is 23.7 Å². The van der Waals surface area contributed by atoms with E-state index in [1.807, 2.05) is 0 Å². The van der Waals surface area contributed by atoms with Crippen LogP contribution in [0.3, 0.4) is 0 Å². The minimum absolute atomic E-state index is 0.0320. The molecule has 1 heterocycles. The summed E-state index contributed by atoms with van der Waals surface area (Å²) in [6, 6.07) is 6.59. The summed E-state index contributed by atoms with van der Waals surface area (Å²) < 4.78 is 0.401. The lowest BCUT2D eigenvalue weighted by Gasteiger charge is -2.07. The third kappa shape index (κ3) is 3.64. The van der Waals surface area contributed by atoms with Gasteiger partial charge in [-0.3, -0.25) is 14.4 Å². The molecule has 0 saturated carbocycles. The van der Waals surface area contributed by atoms with Crippen LogP contribution in [-0.4, -0.2) is 27.2 Å². The quantitative estimate of drug-likeness (QED) is 0.654. The Balaban J connectivity index is 1.93. The fourth-order valence-electron chi connectivity index (χ4n) is 1.70. The predicted octanol–water partition coefficient (Wildman–Crippen LogP) is 1.73. The molecule has 5 nitrogen and oxygen atoms in total. The summed E-state index contributed by atoms with van der Waals surface area (Å²) in [5, 5.41) is 4.70. The molecule has 0 radical (unpaired) electrons. The summed E-state index contributed by atoms with van der Waals surface area (Å²) >= 11 is 6.05. The van der Waals surface area contributed by atoms with Crippen molar-refractivity contribution >= 4 is 51.6 Å². The Labute approximate surface area is 125 Å². The zero-order valence-electron chi connectivity index (χ0n) is 10.6. The SMILES string of the molecule is CC(=O)c1ccc(NC(=O)C[C@@H]2SC(=S)NC2=O)cc1. The normalized spacial score (nSPS) is 17.8. The summed E-state index contributed by atoms with van der Waals surface area (Å²) in [4.78, 5) is 34.4. The average Bonchev–Trinajstić information content (AvgIpc) is 2.68. The van der Waals surface area contributed by atoms with E-state index in [1.165, 1.54) is 18.7 Å². The maximum absolute atomic E-state index is 11.8. The van der Waals surface area contributed by atoms with E-state index in [-0.39, 0.29) is 24.0 Å². The first-order chi connectivity index (χ1) is 9.45. The van der Waals surface area contributed by atoms with Gasteiger partial charge in [-0.2, -0.15) is 0 Å². The van der Waals surface area contributed by atoms with E-state index in [4.69, 9.17) is 12.2 Å². The number of carbonyl (C=O) groups excluding carboxylic acids is 3. The summed E-state index contributed by atoms with van der Waals surface area (Å²) in [5.74, 6) is -0.532. The predicted molar refractivity (Wildman–Crippen MR) is 81.8 cm³/mol. The van der Waals surface area contributed by atoms with Crippen molar-refractivity contribution in [3.05, 3.63) is 29.8 Å². The van der Waals surface area contributed by atoms with Crippen LogP contribution in [0, 0.1) is 0 Å². The minimum Gasteiger partial charge on any atom is -0.326 e. The maximum atomic E-state index is 11.8. The van der Waals surface area contributed by atoms with Gasteiger partial charge >= 0.3 is 0 Å². The van der Waals surface area contributed by atoms with Crippen molar-refractivity contribution in [2.45, 2.75) is 18.6 Å². The van der Waals surface area contributed by atoms with Crippen molar-refractivity contribution in [2.24, 2.45) is 0 Å². The summed E-state index contributed by atoms with van der Waals surface area (Å²) in [7, 11) is 0. The number of nitrogens with one attached hydrogen (secondary N) is 2. The molecule has 0 unspecified atom stereocenters. The molecule has 1 aromatic rings. The van der Waals surface area contributed by atoms with Crippen molar-refractivity contribution in [3.63, 3.8) is 0 Å². The lowest BCUT2D eigenvalue weighted by Crippen LogP contribution is -2.27. The zero-order valence-corrected chi connectivity index (χ0v) is 12.3. The Morgan fingerprint density at radius 1 is 1.35 bits per heavy atom. The molecule has 1 aromatic carbocycles. The summed E-state index contributed by atoms with van der Waals surface area (Å²) in [6.07, 6.45) is 0.0606. The van der Waals surface area contributed by atoms with E-state index in [0.29, 0.717) is 15.6 Å². The van der Waals surface area contributed by atoms with Gasteiger partial charge in [0, 0.05) is 17.7 Å². The van der Waals surface area contributed by atoms with Crippen LogP contribution >= 0.6 is 24.0 Å². The van der Waals surface area contributed by atoms with Crippen LogP contribution < -0.4 is 10.6 Å². The lowest BCUT2D eigenvalue weighted by molar-refractivity contribution is -0.122. The second kappa shape index (κ2) is 6.15. The third-order valence-corrected chi connectivity index (χ3v) is 4.09. The van der Waals surface area contributed by atoms with Crippen molar-refractivity contribution < 1.29 is 14.4 Å². The van der Waals surface area contributed by atoms with Crippen molar-refractivity contribution in [1.82, 2.24) is 5.32 Å². The Hall–Kier alpha value is -1.73. The highest BCUT2D eigenvalue weighted by atomic mass is 32.2. The van der Waals surface area contributed by atoms with Gasteiger partial charge in [0.05, 0.1) is 5.25 Å². The van der Waals surface area contributed by atoms with E-state index in [0.717, 1.165) is 0 Å². The second-order valence-electron chi connectivity index (χ2n) is 4.27. The number of ketones is 1. The van der Waals surface area contributed by atoms with Crippen LogP contribution in [0.25, 0.3) is 0 Å². The molecule has 7 heteroatoms. The molecule has 1 aliphatic rings. The van der Waals surface area contributed by atoms with Crippen molar-refractivity contribution in [2.75, 3.05) is 5.32 Å². The highest BCUT2D eigenvalue weighted by Crippen LogP contribution is 2.22. The molecular weight excluding hydrogens is 296 g/mol. The number of thiocarbonyl (C=S) groups is 1. The molecule has 0 aromatic heterocycles. The molecule has 2 rings (SSSR count). The van der Waals surface area contributed by atoms with Gasteiger partial charge in [-0.25, -0.2) is 0 Å². The highest BCUT2D eigenvalue weighted by Gasteiger charge is 2.30. The number of benzene rings is 1. The number of thioether (sulfide) groups is 1. The molecule has 1 saturated heterocycles. The first kappa shape index (κ1) is 14.7. The third-order valence-electron chi connectivity index (χ3n) is 2.71. The Morgan fingerprint density at radius 2 is 2.00 bits per heavy atom. The van der Waals surface area contributed by atoms with Gasteiger partial charge in [0.2, 0.25) is 11.8 Å². The molecule has 2 N–H and O–H groups in total. The standard InChI is InChI=1S/C13H12N2O3S2/c1-7(16)8-2-4-9(5-3-8)14-11(17)6-10-12(18)15-13(19)20-10/h2-5,10H,6H2,1H3,(H,14,17)(H,15,18,19)/t10-/m0/s1. The van der Waals surface area contributed by atoms with Gasteiger partial charge < -0.3 is 10.6 Å². The van der Waals surface area contributed by atoms with Gasteiger partial charge in [0.15, 0.2) is 5.78 Å². The lowest BCUT2D eigenvalue weighted by atomic mass is 10.1. The van der Waals surface area contributed by atoms with Gasteiger partial charge in [0.25, 0.3) is 0 Å². The first-order valence-electron chi connectivity index (χ1n) is 5.88. The van der Waals surface area contributed by atoms with E-state index in [1.54, 1.807) is 24.3 Å². The first-order valence-corrected chi connectivity index (χ1v) is 7.17. The summed E-state index contributed by atoms with van der Waals surface area (Å²) in [5.41, 5.74) is 1.17. The molecule has 0 aliphatic carbocycles. The number of hydrogen-bond donors (Lipinski definition) is 2. The molecule has 2 amide bonds. The van der Waals surface area contributed by atoms with E-state index in [2.05, 4.69) is 10.6 Å². The Morgan fingerprint density at radius 3 is 2.50 bits per heavy atom. The number of rotatable bonds is 4. The maximum Gasteiger partial charge on any atom is 0.239 e. The molecule has 0 bridgehead atoms. The van der Waals surface area contributed by atoms with Crippen molar-refractivity contribution in [1.29, 1.82) is 0 Å². The van der Waals surface area contributed by atoms with Crippen LogP contribution in [-0.2, 0) is 9.59 Å². The number of Topliss-reactive ketones (excluding diaryl/α,β-unsaturated/α-hetero) is 1. The van der Waals surface area contributed by atoms with Gasteiger partial charge in [-0.05, 0) is 31.2 Å². The molecule has 1 aliphatic heterocycles. The monoisotopic (exact) mass is 308 g/mol. The summed E-state index contributed by atoms with van der Waals surface area (Å²) in [6.45, 7) is 1.48. The van der Waals surface area contributed by atoms with Crippen LogP contribution in [0.4, 0.5) is 5.69 Å². The molecule has 0 spiro atoms. The smallest absolute Gasteiger partial charge is 0.239 e. The van der Waals surface area contributed by atoms with Gasteiger partial charge in [-0.15, -0.1) is 0 Å². The topological polar surface area (TPSA) is 75.3 Å². The minimum atomic E-state index is -0.473. The Bertz CT molecular complexity index is 584. The van der Waals surface area contributed by atoms with E-state index < -0.39 is 5.25 Å². The average molecular weight is 308 g/mol. The largest absolute Gasteiger partial charge is 0.326 e. The molecule has 1 fully saturated rings. The van der Waals surface area contributed by atoms with Crippen LogP contribution in [0.5, 0.6) is 0 Å². The molecule has 20 heavy (non-hydrogen) atoms. The Kier molecular flexibility index (Phi) is 4.51. The van der Waals surface area contributed by atoms with E-state index >= 15 is 0 Å². The number of hydrogen-bond acceptors (Lipinski definition) is 5. The number of anilines is 1. The van der Waals surface area contributed by atoms with Crippen molar-refractivity contribution in [3.8, 4) is 0 Å². The van der Waals surface area contributed by atoms with Gasteiger partial charge in [0.1, 0.15) is 4.32 Å². The van der Waals surface area contributed by atoms with Crippen LogP contribution in [0.2, 0.25) is 0 Å². The highest BCUT2D eigenvalue weighted by molar-refractivity contribution is 8.24. The van der Waals surface area contributed by atoms with Crippen LogP contribution in [0.15, 0.2) is 24.3 Å². The van der Waals surface area contributed by atoms with Gasteiger partial charge in [-0.1, -0.05) is 24.0 Å². The fraction of sp³-hybridized carbons (Fsp3) is 0.231. The molecular formula is C13H12N2O3S2. The molecule has 1 atom stereocenters. The number of carbonyl (C=O) groups is 3. The number of amides is 2.